The molecule has 10 nitrogen and oxygen atoms in total. The summed E-state index contributed by atoms with van der Waals surface area (Å²) < 4.78 is 18.4. The summed E-state index contributed by atoms with van der Waals surface area (Å²) in [4.78, 5) is 61.4. The Morgan fingerprint density at radius 1 is 0.971 bits per heavy atom. The third kappa shape index (κ3) is 4.60. The van der Waals surface area contributed by atoms with Gasteiger partial charge in [-0.3, -0.25) is 24.5 Å². The van der Waals surface area contributed by atoms with Crippen LogP contribution in [-0.4, -0.2) is 34.7 Å². The molecule has 4 rings (SSSR count). The van der Waals surface area contributed by atoms with Gasteiger partial charge in [-0.15, -0.1) is 0 Å². The van der Waals surface area contributed by atoms with Crippen LogP contribution in [0.3, 0.4) is 0 Å². The number of hydrogen-bond donors (Lipinski definition) is 1. The number of rotatable bonds is 6. The zero-order valence-corrected chi connectivity index (χ0v) is 18.1. The molecule has 1 unspecified atom stereocenters. The summed E-state index contributed by atoms with van der Waals surface area (Å²) in [5.41, 5.74) is 0.284. The average molecular weight is 477 g/mol. The van der Waals surface area contributed by atoms with Gasteiger partial charge >= 0.3 is 5.97 Å². The number of anilines is 2. The van der Waals surface area contributed by atoms with E-state index in [0.29, 0.717) is 0 Å². The lowest BCUT2D eigenvalue weighted by Gasteiger charge is -2.14. The smallest absolute Gasteiger partial charge is 0.338 e. The highest BCUT2D eigenvalue weighted by atomic mass is 19.1. The number of non-ortho nitro benzene ring substituents is 1. The molecule has 0 saturated carbocycles. The molecule has 0 aromatic heterocycles. The summed E-state index contributed by atoms with van der Waals surface area (Å²) in [5, 5.41) is 13.2. The van der Waals surface area contributed by atoms with E-state index in [9.17, 15) is 33.7 Å². The highest BCUT2D eigenvalue weighted by Gasteiger charge is 2.37. The van der Waals surface area contributed by atoms with Crippen molar-refractivity contribution in [2.24, 2.45) is 0 Å². The van der Waals surface area contributed by atoms with E-state index < -0.39 is 40.5 Å². The van der Waals surface area contributed by atoms with Crippen LogP contribution in [0.5, 0.6) is 0 Å². The standard InChI is InChI=1S/C24H16FN3O7/c1-13(21(29)26-16-5-9-18(10-6-16)28(33)34)35-24(32)14-2-11-19-20(12-14)23(31)27(22(19)30)17-7-3-15(25)4-8-17/h2-13H,1H3,(H,26,29). The molecule has 1 aliphatic rings. The summed E-state index contributed by atoms with van der Waals surface area (Å²) in [6, 6.07) is 13.7. The van der Waals surface area contributed by atoms with Gasteiger partial charge < -0.3 is 10.1 Å². The molecule has 0 saturated heterocycles. The van der Waals surface area contributed by atoms with Crippen molar-refractivity contribution in [3.8, 4) is 0 Å². The second-order valence-corrected chi connectivity index (χ2v) is 7.52. The monoisotopic (exact) mass is 477 g/mol. The number of benzene rings is 3. The number of carbonyl (C=O) groups is 4. The van der Waals surface area contributed by atoms with E-state index >= 15 is 0 Å². The van der Waals surface area contributed by atoms with E-state index in [1.54, 1.807) is 0 Å². The third-order valence-corrected chi connectivity index (χ3v) is 5.21. The number of halogens is 1. The average Bonchev–Trinajstić information content (AvgIpc) is 3.09. The molecular formula is C24H16FN3O7. The number of carbonyl (C=O) groups excluding carboxylic acids is 4. The Bertz CT molecular complexity index is 1370. The van der Waals surface area contributed by atoms with E-state index in [0.717, 1.165) is 17.0 Å². The molecule has 176 valence electrons. The van der Waals surface area contributed by atoms with Crippen molar-refractivity contribution in [2.75, 3.05) is 10.2 Å². The summed E-state index contributed by atoms with van der Waals surface area (Å²) in [6.45, 7) is 1.33. The number of amides is 3. The molecular weight excluding hydrogens is 461 g/mol. The Labute approximate surface area is 197 Å². The summed E-state index contributed by atoms with van der Waals surface area (Å²) in [7, 11) is 0. The Kier molecular flexibility index (Phi) is 6.07. The number of esters is 1. The first kappa shape index (κ1) is 23.2. The van der Waals surface area contributed by atoms with E-state index in [-0.39, 0.29) is 33.8 Å². The predicted molar refractivity (Wildman–Crippen MR) is 121 cm³/mol. The van der Waals surface area contributed by atoms with E-state index in [1.165, 1.54) is 61.5 Å². The second-order valence-electron chi connectivity index (χ2n) is 7.52. The first-order valence-corrected chi connectivity index (χ1v) is 10.2. The highest BCUT2D eigenvalue weighted by Crippen LogP contribution is 2.29. The minimum absolute atomic E-state index is 0.0308. The molecule has 3 aromatic rings. The fraction of sp³-hybridized carbons (Fsp3) is 0.0833. The van der Waals surface area contributed by atoms with E-state index in [1.807, 2.05) is 0 Å². The zero-order valence-electron chi connectivity index (χ0n) is 18.1. The van der Waals surface area contributed by atoms with Gasteiger partial charge in [0.15, 0.2) is 6.10 Å². The summed E-state index contributed by atoms with van der Waals surface area (Å²) in [6.07, 6.45) is -1.24. The molecule has 0 aliphatic carbocycles. The maximum Gasteiger partial charge on any atom is 0.338 e. The molecule has 1 aliphatic heterocycles. The Balaban J connectivity index is 1.45. The van der Waals surface area contributed by atoms with Crippen LogP contribution in [0.25, 0.3) is 0 Å². The fourth-order valence-electron chi connectivity index (χ4n) is 3.38. The molecule has 1 N–H and O–H groups in total. The SMILES string of the molecule is CC(OC(=O)c1ccc2c(c1)C(=O)N(c1ccc(F)cc1)C2=O)C(=O)Nc1ccc([N+](=O)[O-])cc1. The molecule has 1 heterocycles. The van der Waals surface area contributed by atoms with Gasteiger partial charge in [0.05, 0.1) is 27.3 Å². The van der Waals surface area contributed by atoms with Crippen molar-refractivity contribution in [3.05, 3.63) is 99.4 Å². The molecule has 0 fully saturated rings. The van der Waals surface area contributed by atoms with Gasteiger partial charge in [0.25, 0.3) is 23.4 Å². The quantitative estimate of drug-likeness (QED) is 0.247. The zero-order chi connectivity index (χ0) is 25.3. The number of nitrogens with one attached hydrogen (secondary N) is 1. The first-order valence-electron chi connectivity index (χ1n) is 10.2. The second kappa shape index (κ2) is 9.14. The van der Waals surface area contributed by atoms with Crippen LogP contribution in [-0.2, 0) is 9.53 Å². The van der Waals surface area contributed by atoms with Gasteiger partial charge in [-0.25, -0.2) is 14.1 Å². The number of nitrogens with zero attached hydrogens (tertiary/aromatic N) is 2. The normalized spacial score (nSPS) is 13.3. The van der Waals surface area contributed by atoms with E-state index in [4.69, 9.17) is 4.74 Å². The molecule has 0 radical (unpaired) electrons. The molecule has 3 aromatic carbocycles. The van der Waals surface area contributed by atoms with Gasteiger partial charge in [-0.2, -0.15) is 0 Å². The third-order valence-electron chi connectivity index (χ3n) is 5.21. The van der Waals surface area contributed by atoms with E-state index in [2.05, 4.69) is 5.32 Å². The van der Waals surface area contributed by atoms with Crippen LogP contribution < -0.4 is 10.2 Å². The Hall–Kier alpha value is -4.93. The van der Waals surface area contributed by atoms with Crippen molar-refractivity contribution in [1.82, 2.24) is 0 Å². The lowest BCUT2D eigenvalue weighted by atomic mass is 10.1. The maximum absolute atomic E-state index is 13.2. The largest absolute Gasteiger partial charge is 0.449 e. The van der Waals surface area contributed by atoms with Crippen LogP contribution in [0.4, 0.5) is 21.5 Å². The van der Waals surface area contributed by atoms with Gasteiger partial charge in [0.1, 0.15) is 5.82 Å². The highest BCUT2D eigenvalue weighted by molar-refractivity contribution is 6.34. The molecule has 0 bridgehead atoms. The van der Waals surface area contributed by atoms with Crippen LogP contribution in [0, 0.1) is 15.9 Å². The summed E-state index contributed by atoms with van der Waals surface area (Å²) >= 11 is 0. The van der Waals surface area contributed by atoms with Crippen molar-refractivity contribution < 1.29 is 33.2 Å². The number of hydrogen-bond acceptors (Lipinski definition) is 7. The number of ether oxygens (including phenoxy) is 1. The predicted octanol–water partition coefficient (Wildman–Crippen LogP) is 3.72. The molecule has 1 atom stereocenters. The minimum atomic E-state index is -1.24. The van der Waals surface area contributed by atoms with Gasteiger partial charge in [-0.05, 0) is 61.5 Å². The number of nitro benzene ring substituents is 1. The van der Waals surface area contributed by atoms with Gasteiger partial charge in [0, 0.05) is 17.8 Å². The first-order chi connectivity index (χ1) is 16.7. The Morgan fingerprint density at radius 2 is 1.60 bits per heavy atom. The van der Waals surface area contributed by atoms with Gasteiger partial charge in [0.2, 0.25) is 0 Å². The molecule has 3 amide bonds. The minimum Gasteiger partial charge on any atom is -0.449 e. The van der Waals surface area contributed by atoms with Gasteiger partial charge in [-0.1, -0.05) is 0 Å². The fourth-order valence-corrected chi connectivity index (χ4v) is 3.38. The topological polar surface area (TPSA) is 136 Å². The summed E-state index contributed by atoms with van der Waals surface area (Å²) in [5.74, 6) is -3.41. The van der Waals surface area contributed by atoms with Crippen molar-refractivity contribution in [2.45, 2.75) is 13.0 Å². The Morgan fingerprint density at radius 3 is 2.23 bits per heavy atom. The van der Waals surface area contributed by atoms with Crippen LogP contribution in [0.1, 0.15) is 38.0 Å². The molecule has 0 spiro atoms. The van der Waals surface area contributed by atoms with Crippen LogP contribution in [0.2, 0.25) is 0 Å². The van der Waals surface area contributed by atoms with Crippen molar-refractivity contribution >= 4 is 40.8 Å². The van der Waals surface area contributed by atoms with Crippen molar-refractivity contribution in [1.29, 1.82) is 0 Å². The number of fused-ring (bicyclic) bond motifs is 1. The lowest BCUT2D eigenvalue weighted by Crippen LogP contribution is -2.30. The molecule has 11 heteroatoms. The number of nitro groups is 1. The number of imide groups is 1. The lowest BCUT2D eigenvalue weighted by molar-refractivity contribution is -0.384. The van der Waals surface area contributed by atoms with Crippen LogP contribution in [0.15, 0.2) is 66.7 Å². The van der Waals surface area contributed by atoms with Crippen molar-refractivity contribution in [3.63, 3.8) is 0 Å². The molecule has 35 heavy (non-hydrogen) atoms. The van der Waals surface area contributed by atoms with Crippen LogP contribution >= 0.6 is 0 Å². The maximum atomic E-state index is 13.2.